The van der Waals surface area contributed by atoms with Crippen molar-refractivity contribution in [1.29, 1.82) is 0 Å². The van der Waals surface area contributed by atoms with Crippen molar-refractivity contribution in [1.82, 2.24) is 4.90 Å². The van der Waals surface area contributed by atoms with Gasteiger partial charge in [-0.05, 0) is 43.5 Å². The number of benzene rings is 1. The third kappa shape index (κ3) is 5.04. The van der Waals surface area contributed by atoms with E-state index in [1.165, 1.54) is 5.56 Å². The van der Waals surface area contributed by atoms with Gasteiger partial charge in [0.05, 0.1) is 32.0 Å². The predicted octanol–water partition coefficient (Wildman–Crippen LogP) is 1.15. The molecular formula is C20H31NO5. The molecule has 26 heavy (non-hydrogen) atoms. The van der Waals surface area contributed by atoms with Gasteiger partial charge >= 0.3 is 0 Å². The fourth-order valence-electron chi connectivity index (χ4n) is 3.75. The molecule has 0 aliphatic carbocycles. The van der Waals surface area contributed by atoms with Crippen LogP contribution in [0.15, 0.2) is 24.3 Å². The van der Waals surface area contributed by atoms with Gasteiger partial charge in [-0.3, -0.25) is 9.69 Å². The quantitative estimate of drug-likeness (QED) is 0.576. The van der Waals surface area contributed by atoms with E-state index in [1.807, 2.05) is 36.1 Å². The molecule has 1 unspecified atom stereocenters. The zero-order valence-electron chi connectivity index (χ0n) is 15.7. The average Bonchev–Trinajstić information content (AvgIpc) is 2.86. The minimum atomic E-state index is -1.03. The van der Waals surface area contributed by atoms with Crippen molar-refractivity contribution in [3.8, 4) is 5.75 Å². The van der Waals surface area contributed by atoms with Gasteiger partial charge in [0, 0.05) is 18.9 Å². The van der Waals surface area contributed by atoms with Crippen molar-refractivity contribution in [3.63, 3.8) is 0 Å². The molecule has 1 aliphatic rings. The van der Waals surface area contributed by atoms with Crippen LogP contribution in [0.3, 0.4) is 0 Å². The molecule has 0 amide bonds. The second-order valence-electron chi connectivity index (χ2n) is 6.98. The molecule has 6 nitrogen and oxygen atoms in total. The van der Waals surface area contributed by atoms with E-state index in [4.69, 9.17) is 4.74 Å². The molecule has 3 N–H and O–H groups in total. The number of hydrogen-bond donors (Lipinski definition) is 3. The van der Waals surface area contributed by atoms with Crippen molar-refractivity contribution in [2.75, 3.05) is 20.3 Å². The fraction of sp³-hybridized carbons (Fsp3) is 0.650. The summed E-state index contributed by atoms with van der Waals surface area (Å²) < 4.78 is 5.15. The number of methoxy groups -OCH3 is 1. The van der Waals surface area contributed by atoms with Gasteiger partial charge in [-0.15, -0.1) is 0 Å². The van der Waals surface area contributed by atoms with E-state index in [0.717, 1.165) is 25.0 Å². The van der Waals surface area contributed by atoms with Gasteiger partial charge in [-0.25, -0.2) is 0 Å². The monoisotopic (exact) mass is 365 g/mol. The van der Waals surface area contributed by atoms with E-state index in [-0.39, 0.29) is 18.8 Å². The van der Waals surface area contributed by atoms with Crippen LogP contribution in [0.1, 0.15) is 38.2 Å². The zero-order chi connectivity index (χ0) is 19.1. The van der Waals surface area contributed by atoms with Gasteiger partial charge in [0.1, 0.15) is 11.5 Å². The number of ketones is 1. The van der Waals surface area contributed by atoms with Crippen LogP contribution in [-0.2, 0) is 11.2 Å². The molecule has 6 heteroatoms. The first kappa shape index (κ1) is 20.8. The van der Waals surface area contributed by atoms with Crippen molar-refractivity contribution in [2.24, 2.45) is 0 Å². The Kier molecular flexibility index (Phi) is 8.03. The number of hydrogen-bond acceptors (Lipinski definition) is 6. The van der Waals surface area contributed by atoms with Crippen molar-refractivity contribution in [3.05, 3.63) is 29.8 Å². The van der Waals surface area contributed by atoms with Crippen molar-refractivity contribution < 1.29 is 24.9 Å². The van der Waals surface area contributed by atoms with Gasteiger partial charge < -0.3 is 20.1 Å². The van der Waals surface area contributed by atoms with Gasteiger partial charge in [-0.2, -0.15) is 0 Å². The van der Waals surface area contributed by atoms with Gasteiger partial charge in [-0.1, -0.05) is 19.1 Å². The van der Waals surface area contributed by atoms with Gasteiger partial charge in [0.2, 0.25) is 0 Å². The average molecular weight is 365 g/mol. The maximum absolute atomic E-state index is 12.1. The van der Waals surface area contributed by atoms with Crippen LogP contribution in [0.4, 0.5) is 0 Å². The molecule has 0 spiro atoms. The van der Waals surface area contributed by atoms with Crippen LogP contribution in [0.5, 0.6) is 5.75 Å². The Bertz CT molecular complexity index is 562. The summed E-state index contributed by atoms with van der Waals surface area (Å²) in [5.74, 6) is 0.900. The maximum Gasteiger partial charge on any atom is 0.134 e. The lowest BCUT2D eigenvalue weighted by molar-refractivity contribution is -0.121. The molecule has 0 aromatic heterocycles. The SMILES string of the molecule is CCCC(=O)CC1[C@@H](O)[C@H](O)[C@@H](CO)N1CCCc1ccc(OC)cc1. The first-order valence-electron chi connectivity index (χ1n) is 9.39. The number of carbonyl (C=O) groups is 1. The second kappa shape index (κ2) is 10.0. The lowest BCUT2D eigenvalue weighted by Crippen LogP contribution is -2.43. The molecule has 0 radical (unpaired) electrons. The number of ether oxygens (including phenoxy) is 1. The molecule has 0 bridgehead atoms. The normalized spacial score (nSPS) is 26.2. The highest BCUT2D eigenvalue weighted by atomic mass is 16.5. The number of aryl methyl sites for hydroxylation is 1. The van der Waals surface area contributed by atoms with E-state index in [0.29, 0.717) is 13.0 Å². The molecule has 1 aromatic rings. The molecule has 4 atom stereocenters. The topological polar surface area (TPSA) is 90.2 Å². The molecule has 1 aromatic carbocycles. The minimum absolute atomic E-state index is 0.0856. The summed E-state index contributed by atoms with van der Waals surface area (Å²) in [6.45, 7) is 2.32. The predicted molar refractivity (Wildman–Crippen MR) is 99.2 cm³/mol. The Morgan fingerprint density at radius 2 is 1.81 bits per heavy atom. The number of nitrogens with zero attached hydrogens (tertiary/aromatic N) is 1. The summed E-state index contributed by atoms with van der Waals surface area (Å²) in [6, 6.07) is 6.90. The summed E-state index contributed by atoms with van der Waals surface area (Å²) in [5.41, 5.74) is 1.17. The first-order valence-corrected chi connectivity index (χ1v) is 9.39. The minimum Gasteiger partial charge on any atom is -0.497 e. The number of rotatable bonds is 10. The van der Waals surface area contributed by atoms with E-state index in [9.17, 15) is 20.1 Å². The van der Waals surface area contributed by atoms with E-state index in [2.05, 4.69) is 0 Å². The molecule has 1 heterocycles. The van der Waals surface area contributed by atoms with E-state index in [1.54, 1.807) is 7.11 Å². The maximum atomic E-state index is 12.1. The number of aliphatic hydroxyl groups is 3. The molecule has 1 fully saturated rings. The summed E-state index contributed by atoms with van der Waals surface area (Å²) in [5, 5.41) is 30.2. The summed E-state index contributed by atoms with van der Waals surface area (Å²) in [4.78, 5) is 14.0. The largest absolute Gasteiger partial charge is 0.497 e. The highest BCUT2D eigenvalue weighted by Crippen LogP contribution is 2.28. The van der Waals surface area contributed by atoms with Crippen LogP contribution in [0.2, 0.25) is 0 Å². The highest BCUT2D eigenvalue weighted by Gasteiger charge is 2.47. The summed E-state index contributed by atoms with van der Waals surface area (Å²) in [6.07, 6.45) is 1.06. The Balaban J connectivity index is 1.98. The Morgan fingerprint density at radius 3 is 2.38 bits per heavy atom. The van der Waals surface area contributed by atoms with Crippen LogP contribution in [0.25, 0.3) is 0 Å². The number of aliphatic hydroxyl groups excluding tert-OH is 3. The van der Waals surface area contributed by atoms with Crippen LogP contribution in [0, 0.1) is 0 Å². The van der Waals surface area contributed by atoms with Crippen molar-refractivity contribution in [2.45, 2.75) is 63.3 Å². The molecule has 1 saturated heterocycles. The van der Waals surface area contributed by atoms with Gasteiger partial charge in [0.25, 0.3) is 0 Å². The Hall–Kier alpha value is -1.47. The third-order valence-corrected chi connectivity index (χ3v) is 5.18. The van der Waals surface area contributed by atoms with Crippen molar-refractivity contribution >= 4 is 5.78 Å². The van der Waals surface area contributed by atoms with E-state index < -0.39 is 24.3 Å². The van der Waals surface area contributed by atoms with Crippen LogP contribution in [-0.4, -0.2) is 70.6 Å². The Labute approximate surface area is 155 Å². The smallest absolute Gasteiger partial charge is 0.134 e. The third-order valence-electron chi connectivity index (χ3n) is 5.18. The number of likely N-dealkylation sites (tertiary alicyclic amines) is 1. The molecule has 0 saturated carbocycles. The summed E-state index contributed by atoms with van der Waals surface area (Å²) in [7, 11) is 1.63. The molecule has 146 valence electrons. The lowest BCUT2D eigenvalue weighted by Gasteiger charge is -2.29. The number of carbonyl (C=O) groups excluding carboxylic acids is 1. The first-order chi connectivity index (χ1) is 12.5. The standard InChI is InChI=1S/C20H31NO5/c1-3-5-15(23)12-17-19(24)20(25)18(13-22)21(17)11-4-6-14-7-9-16(26-2)10-8-14/h7-10,17-20,22,24-25H,3-6,11-13H2,1-2H3/t17?,18-,19-,20-/m1/s1. The van der Waals surface area contributed by atoms with Gasteiger partial charge in [0.15, 0.2) is 0 Å². The number of Topliss-reactive ketones (excluding diaryl/α,β-unsaturated/α-hetero) is 1. The highest BCUT2D eigenvalue weighted by molar-refractivity contribution is 5.79. The lowest BCUT2D eigenvalue weighted by atomic mass is 10.0. The summed E-state index contributed by atoms with van der Waals surface area (Å²) >= 11 is 0. The molecule has 1 aliphatic heterocycles. The zero-order valence-corrected chi connectivity index (χ0v) is 15.7. The van der Waals surface area contributed by atoms with Crippen LogP contribution >= 0.6 is 0 Å². The van der Waals surface area contributed by atoms with Crippen LogP contribution < -0.4 is 4.74 Å². The fourth-order valence-corrected chi connectivity index (χ4v) is 3.75. The molecule has 2 rings (SSSR count). The Morgan fingerprint density at radius 1 is 1.15 bits per heavy atom. The molecular weight excluding hydrogens is 334 g/mol. The second-order valence-corrected chi connectivity index (χ2v) is 6.98. The van der Waals surface area contributed by atoms with E-state index >= 15 is 0 Å².